The van der Waals surface area contributed by atoms with Gasteiger partial charge in [-0.1, -0.05) is 24.3 Å². The summed E-state index contributed by atoms with van der Waals surface area (Å²) in [6.45, 7) is 2.01. The van der Waals surface area contributed by atoms with Crippen molar-refractivity contribution in [3.8, 4) is 0 Å². The van der Waals surface area contributed by atoms with Gasteiger partial charge in [0, 0.05) is 11.6 Å². The first-order valence-corrected chi connectivity index (χ1v) is 5.33. The van der Waals surface area contributed by atoms with E-state index < -0.39 is 18.4 Å². The zero-order chi connectivity index (χ0) is 12.8. The lowest BCUT2D eigenvalue weighted by Gasteiger charge is -2.11. The summed E-state index contributed by atoms with van der Waals surface area (Å²) >= 11 is 0. The summed E-state index contributed by atoms with van der Waals surface area (Å²) in [7, 11) is 0. The maximum atomic E-state index is 12.3. The predicted octanol–water partition coefficient (Wildman–Crippen LogP) is 2.58. The molecule has 1 aromatic carbocycles. The van der Waals surface area contributed by atoms with Gasteiger partial charge >= 0.3 is 5.97 Å². The second-order valence-electron chi connectivity index (χ2n) is 3.58. The van der Waals surface area contributed by atoms with Crippen LogP contribution in [0.3, 0.4) is 0 Å². The zero-order valence-corrected chi connectivity index (χ0v) is 9.53. The summed E-state index contributed by atoms with van der Waals surface area (Å²) in [5.41, 5.74) is 6.35. The number of nitrogens with two attached hydrogens (primary N) is 1. The van der Waals surface area contributed by atoms with E-state index >= 15 is 0 Å². The third kappa shape index (κ3) is 4.11. The Morgan fingerprint density at radius 2 is 1.82 bits per heavy atom. The largest absolute Gasteiger partial charge is 0.466 e. The van der Waals surface area contributed by atoms with E-state index in [1.807, 2.05) is 0 Å². The highest BCUT2D eigenvalue weighted by molar-refractivity contribution is 5.70. The number of alkyl halides is 2. The lowest BCUT2D eigenvalue weighted by Crippen LogP contribution is -2.17. The van der Waals surface area contributed by atoms with E-state index in [-0.39, 0.29) is 12.0 Å². The predicted molar refractivity (Wildman–Crippen MR) is 59.6 cm³/mol. The number of hydrogen-bond donors (Lipinski definition) is 1. The average molecular weight is 243 g/mol. The molecule has 1 atom stereocenters. The molecule has 0 aromatic heterocycles. The molecule has 0 amide bonds. The molecule has 0 aliphatic carbocycles. The average Bonchev–Trinajstić information content (AvgIpc) is 2.29. The molecule has 0 saturated heterocycles. The standard InChI is InChI=1S/C12H15F2NO2/c1-2-17-11(16)7-10(15)8-3-5-9(6-4-8)12(13)14/h3-6,10,12H,2,7,15H2,1H3/t10-/m1/s1. The second-order valence-corrected chi connectivity index (χ2v) is 3.58. The van der Waals surface area contributed by atoms with Crippen LogP contribution in [-0.4, -0.2) is 12.6 Å². The van der Waals surface area contributed by atoms with Crippen LogP contribution in [0.25, 0.3) is 0 Å². The van der Waals surface area contributed by atoms with Crippen LogP contribution in [-0.2, 0) is 9.53 Å². The van der Waals surface area contributed by atoms with Crippen molar-refractivity contribution < 1.29 is 18.3 Å². The van der Waals surface area contributed by atoms with Crippen LogP contribution >= 0.6 is 0 Å². The topological polar surface area (TPSA) is 52.3 Å². The van der Waals surface area contributed by atoms with Gasteiger partial charge in [-0.05, 0) is 12.5 Å². The summed E-state index contributed by atoms with van der Waals surface area (Å²) in [6, 6.07) is 5.10. The first-order chi connectivity index (χ1) is 8.04. The fourth-order valence-electron chi connectivity index (χ4n) is 1.41. The fourth-order valence-corrected chi connectivity index (χ4v) is 1.41. The van der Waals surface area contributed by atoms with Gasteiger partial charge in [0.15, 0.2) is 0 Å². The Labute approximate surface area is 98.6 Å². The summed E-state index contributed by atoms with van der Waals surface area (Å²) in [5.74, 6) is -0.391. The molecular weight excluding hydrogens is 228 g/mol. The van der Waals surface area contributed by atoms with Crippen LogP contribution < -0.4 is 5.73 Å². The second kappa shape index (κ2) is 6.30. The van der Waals surface area contributed by atoms with Gasteiger partial charge in [0.2, 0.25) is 0 Å². The maximum absolute atomic E-state index is 12.3. The molecule has 0 bridgehead atoms. The Hall–Kier alpha value is -1.49. The van der Waals surface area contributed by atoms with Gasteiger partial charge in [-0.2, -0.15) is 0 Å². The van der Waals surface area contributed by atoms with E-state index in [1.54, 1.807) is 6.92 Å². The molecule has 1 aromatic rings. The van der Waals surface area contributed by atoms with Gasteiger partial charge < -0.3 is 10.5 Å². The van der Waals surface area contributed by atoms with Crippen molar-refractivity contribution >= 4 is 5.97 Å². The Kier molecular flexibility index (Phi) is 5.03. The molecular formula is C12H15F2NO2. The Bertz CT molecular complexity index is 365. The van der Waals surface area contributed by atoms with Gasteiger partial charge in [-0.15, -0.1) is 0 Å². The van der Waals surface area contributed by atoms with Crippen molar-refractivity contribution in [2.24, 2.45) is 5.73 Å². The highest BCUT2D eigenvalue weighted by Crippen LogP contribution is 2.21. The third-order valence-electron chi connectivity index (χ3n) is 2.31. The number of halogens is 2. The Morgan fingerprint density at radius 1 is 1.29 bits per heavy atom. The van der Waals surface area contributed by atoms with Crippen LogP contribution in [0.15, 0.2) is 24.3 Å². The lowest BCUT2D eigenvalue weighted by molar-refractivity contribution is -0.143. The normalized spacial score (nSPS) is 12.5. The summed E-state index contributed by atoms with van der Waals surface area (Å²) < 4.78 is 29.4. The minimum atomic E-state index is -2.50. The van der Waals surface area contributed by atoms with Crippen LogP contribution in [0, 0.1) is 0 Å². The van der Waals surface area contributed by atoms with E-state index in [0.29, 0.717) is 12.2 Å². The van der Waals surface area contributed by atoms with E-state index in [0.717, 1.165) is 0 Å². The molecule has 0 radical (unpaired) electrons. The van der Waals surface area contributed by atoms with E-state index in [1.165, 1.54) is 24.3 Å². The highest BCUT2D eigenvalue weighted by atomic mass is 19.3. The minimum Gasteiger partial charge on any atom is -0.466 e. The highest BCUT2D eigenvalue weighted by Gasteiger charge is 2.13. The van der Waals surface area contributed by atoms with E-state index in [4.69, 9.17) is 10.5 Å². The van der Waals surface area contributed by atoms with E-state index in [2.05, 4.69) is 0 Å². The first kappa shape index (κ1) is 13.6. The van der Waals surface area contributed by atoms with Crippen molar-refractivity contribution in [1.29, 1.82) is 0 Å². The van der Waals surface area contributed by atoms with Crippen molar-refractivity contribution in [1.82, 2.24) is 0 Å². The van der Waals surface area contributed by atoms with Crippen LogP contribution in [0.2, 0.25) is 0 Å². The Morgan fingerprint density at radius 3 is 2.29 bits per heavy atom. The van der Waals surface area contributed by atoms with Gasteiger partial charge in [0.05, 0.1) is 13.0 Å². The Balaban J connectivity index is 2.63. The van der Waals surface area contributed by atoms with E-state index in [9.17, 15) is 13.6 Å². The van der Waals surface area contributed by atoms with Crippen molar-refractivity contribution in [3.63, 3.8) is 0 Å². The number of rotatable bonds is 5. The number of ether oxygens (including phenoxy) is 1. The molecule has 0 spiro atoms. The fraction of sp³-hybridized carbons (Fsp3) is 0.417. The molecule has 0 aliphatic rings. The van der Waals surface area contributed by atoms with Crippen molar-refractivity contribution in [2.45, 2.75) is 25.8 Å². The molecule has 0 heterocycles. The molecule has 0 fully saturated rings. The molecule has 1 rings (SSSR count). The number of carbonyl (C=O) groups is 1. The first-order valence-electron chi connectivity index (χ1n) is 5.33. The molecule has 3 nitrogen and oxygen atoms in total. The quantitative estimate of drug-likeness (QED) is 0.809. The smallest absolute Gasteiger partial charge is 0.307 e. The summed E-state index contributed by atoms with van der Waals surface area (Å²) in [6.07, 6.45) is -2.45. The molecule has 0 aliphatic heterocycles. The molecule has 17 heavy (non-hydrogen) atoms. The van der Waals surface area contributed by atoms with Crippen LogP contribution in [0.5, 0.6) is 0 Å². The number of benzene rings is 1. The summed E-state index contributed by atoms with van der Waals surface area (Å²) in [4.78, 5) is 11.2. The van der Waals surface area contributed by atoms with Crippen molar-refractivity contribution in [3.05, 3.63) is 35.4 Å². The number of carbonyl (C=O) groups excluding carboxylic acids is 1. The van der Waals surface area contributed by atoms with Crippen LogP contribution in [0.1, 0.15) is 36.9 Å². The molecule has 94 valence electrons. The molecule has 5 heteroatoms. The number of esters is 1. The molecule has 2 N–H and O–H groups in total. The zero-order valence-electron chi connectivity index (χ0n) is 9.53. The monoisotopic (exact) mass is 243 g/mol. The molecule has 0 saturated carbocycles. The van der Waals surface area contributed by atoms with Gasteiger partial charge in [0.25, 0.3) is 6.43 Å². The maximum Gasteiger partial charge on any atom is 0.307 e. The van der Waals surface area contributed by atoms with Gasteiger partial charge in [-0.25, -0.2) is 8.78 Å². The molecule has 0 unspecified atom stereocenters. The van der Waals surface area contributed by atoms with Crippen LogP contribution in [0.4, 0.5) is 8.78 Å². The van der Waals surface area contributed by atoms with Gasteiger partial charge in [0.1, 0.15) is 0 Å². The summed E-state index contributed by atoms with van der Waals surface area (Å²) in [5, 5.41) is 0. The minimum absolute atomic E-state index is 0.0435. The third-order valence-corrected chi connectivity index (χ3v) is 2.31. The van der Waals surface area contributed by atoms with Gasteiger partial charge in [-0.3, -0.25) is 4.79 Å². The lowest BCUT2D eigenvalue weighted by atomic mass is 10.0. The number of hydrogen-bond acceptors (Lipinski definition) is 3. The SMILES string of the molecule is CCOC(=O)C[C@@H](N)c1ccc(C(F)F)cc1. The van der Waals surface area contributed by atoms with Crippen molar-refractivity contribution in [2.75, 3.05) is 6.61 Å².